The second-order valence-corrected chi connectivity index (χ2v) is 17.7. The Bertz CT molecular complexity index is 2860. The van der Waals surface area contributed by atoms with Crippen LogP contribution in [0.1, 0.15) is 95.2 Å². The lowest BCUT2D eigenvalue weighted by molar-refractivity contribution is -0.116. The molecule has 2 N–H and O–H groups in total. The van der Waals surface area contributed by atoms with Gasteiger partial charge in [-0.15, -0.1) is 30.0 Å². The molecular weight excluding hydrogens is 733 g/mol. The number of fused-ring (bicyclic) bond motifs is 2. The zero-order chi connectivity index (χ0) is 41.9. The molecule has 0 unspecified atom stereocenters. The third-order valence-corrected chi connectivity index (χ3v) is 11.7. The number of hydrogen-bond donors (Lipinski definition) is 2. The van der Waals surface area contributed by atoms with Crippen LogP contribution in [0.25, 0.3) is 44.6 Å². The number of benzene rings is 6. The maximum absolute atomic E-state index is 12.1. The minimum Gasteiger partial charge on any atom is -0.505 e. The molecule has 0 radical (unpaired) electrons. The Labute approximate surface area is 345 Å². The minimum atomic E-state index is -0.533. The van der Waals surface area contributed by atoms with Gasteiger partial charge in [0.1, 0.15) is 50.7 Å². The van der Waals surface area contributed by atoms with Gasteiger partial charge in [0.2, 0.25) is 0 Å². The molecule has 0 amide bonds. The Morgan fingerprint density at radius 1 is 0.525 bits per heavy atom. The quantitative estimate of drug-likeness (QED) is 0.142. The van der Waals surface area contributed by atoms with Crippen molar-refractivity contribution in [1.82, 2.24) is 30.0 Å². The monoisotopic (exact) mass is 782 g/mol. The molecule has 0 saturated heterocycles. The average molecular weight is 783 g/mol. The number of aromatic nitrogens is 6. The molecule has 0 bridgehead atoms. The van der Waals surface area contributed by atoms with E-state index >= 15 is 0 Å². The molecule has 298 valence electrons. The van der Waals surface area contributed by atoms with Crippen LogP contribution in [0.5, 0.6) is 11.5 Å². The second kappa shape index (κ2) is 14.6. The topological polar surface area (TPSA) is 119 Å². The summed E-state index contributed by atoms with van der Waals surface area (Å²) in [5, 5.41) is 43.0. The number of aryl methyl sites for hydroxylation is 1. The smallest absolute Gasteiger partial charge is 0.147 e. The van der Waals surface area contributed by atoms with E-state index in [0.29, 0.717) is 46.3 Å². The zero-order valence-electron chi connectivity index (χ0n) is 34.9. The van der Waals surface area contributed by atoms with Crippen molar-refractivity contribution in [2.75, 3.05) is 0 Å². The lowest BCUT2D eigenvalue weighted by Gasteiger charge is -2.32. The van der Waals surface area contributed by atoms with Gasteiger partial charge in [-0.3, -0.25) is 0 Å². The van der Waals surface area contributed by atoms with Crippen LogP contribution in [0.15, 0.2) is 121 Å². The summed E-state index contributed by atoms with van der Waals surface area (Å²) >= 11 is 0. The molecule has 6 aromatic carbocycles. The van der Waals surface area contributed by atoms with Crippen LogP contribution in [-0.4, -0.2) is 46.0 Å². The normalized spacial score (nSPS) is 12.4. The first-order chi connectivity index (χ1) is 28.0. The number of nitrogens with zero attached hydrogens (tertiary/aromatic N) is 6. The first kappa shape index (κ1) is 39.2. The predicted molar refractivity (Wildman–Crippen MR) is 235 cm³/mol. The van der Waals surface area contributed by atoms with Crippen molar-refractivity contribution in [1.29, 1.82) is 0 Å². The van der Waals surface area contributed by atoms with Crippen LogP contribution in [-0.2, 0) is 27.5 Å². The zero-order valence-corrected chi connectivity index (χ0v) is 34.9. The van der Waals surface area contributed by atoms with Gasteiger partial charge in [0, 0.05) is 28.4 Å². The fourth-order valence-electron chi connectivity index (χ4n) is 7.91. The number of aromatic hydroxyl groups is 2. The number of ketones is 1. The highest BCUT2D eigenvalue weighted by Gasteiger charge is 2.33. The summed E-state index contributed by atoms with van der Waals surface area (Å²) in [6.07, 6.45) is 0.977. The number of hydrogen-bond acceptors (Lipinski definition) is 7. The third-order valence-electron chi connectivity index (χ3n) is 11.7. The van der Waals surface area contributed by atoms with Gasteiger partial charge < -0.3 is 15.0 Å². The molecule has 2 aromatic heterocycles. The van der Waals surface area contributed by atoms with Crippen LogP contribution in [0, 0.1) is 0 Å². The number of carbonyl (C=O) groups is 1. The van der Waals surface area contributed by atoms with Crippen molar-refractivity contribution in [3.63, 3.8) is 0 Å². The van der Waals surface area contributed by atoms with Gasteiger partial charge in [-0.25, -0.2) is 0 Å². The van der Waals surface area contributed by atoms with Gasteiger partial charge in [0.25, 0.3) is 0 Å². The highest BCUT2D eigenvalue weighted by molar-refractivity contribution is 5.86. The van der Waals surface area contributed by atoms with E-state index in [1.807, 2.05) is 99.6 Å². The molecule has 0 aliphatic heterocycles. The van der Waals surface area contributed by atoms with Gasteiger partial charge in [0.05, 0.1) is 0 Å². The maximum Gasteiger partial charge on any atom is 0.147 e. The summed E-state index contributed by atoms with van der Waals surface area (Å²) in [4.78, 5) is 14.9. The summed E-state index contributed by atoms with van der Waals surface area (Å²) in [6, 6.07) is 40.5. The molecule has 0 aliphatic carbocycles. The molecule has 0 aliphatic rings. The standard InChI is InChI=1S/C50H50N6O3/c1-31(57)19-20-32-25-38(48(2,3)4)46(58)44(26-32)55-51-40-23-21-33(27-42(40)53-55)34-22-24-41-43(28-34)54-56(52-41)45-30-37(49(5,6)35-15-11-9-12-16-35)29-39(47(45)59)50(7,8)36-17-13-10-14-18-36/h9-18,21-30,58-59H,19-20H2,1-8H3. The number of rotatable bonds is 10. The van der Waals surface area contributed by atoms with E-state index < -0.39 is 10.8 Å². The van der Waals surface area contributed by atoms with E-state index in [2.05, 4.69) is 70.2 Å². The summed E-state index contributed by atoms with van der Waals surface area (Å²) in [5.41, 5.74) is 10.0. The van der Waals surface area contributed by atoms with Gasteiger partial charge in [0.15, 0.2) is 0 Å². The molecular formula is C50H50N6O3. The number of carbonyl (C=O) groups excluding carboxylic acids is 1. The van der Waals surface area contributed by atoms with E-state index in [9.17, 15) is 15.0 Å². The highest BCUT2D eigenvalue weighted by Crippen LogP contribution is 2.44. The molecule has 2 heterocycles. The fourth-order valence-corrected chi connectivity index (χ4v) is 7.91. The van der Waals surface area contributed by atoms with E-state index in [0.717, 1.165) is 44.5 Å². The number of phenols is 2. The molecule has 0 fully saturated rings. The molecule has 59 heavy (non-hydrogen) atoms. The van der Waals surface area contributed by atoms with Crippen LogP contribution in [0.3, 0.4) is 0 Å². The number of Topliss-reactive ketones (excluding diaryl/α,β-unsaturated/α-hetero) is 1. The first-order valence-corrected chi connectivity index (χ1v) is 20.1. The van der Waals surface area contributed by atoms with E-state index in [4.69, 9.17) is 20.4 Å². The first-order valence-electron chi connectivity index (χ1n) is 20.1. The SMILES string of the molecule is CC(=O)CCc1cc(-n2nc3ccc(-c4ccc5nn(-c6cc(C(C)(C)c7ccccc7)cc(C(C)(C)c7ccccc7)c6O)nc5c4)cc3n2)c(O)c(C(C)(C)C)c1. The largest absolute Gasteiger partial charge is 0.505 e. The van der Waals surface area contributed by atoms with E-state index in [-0.39, 0.29) is 22.7 Å². The Hall–Kier alpha value is -6.61. The molecule has 0 atom stereocenters. The van der Waals surface area contributed by atoms with Crippen molar-refractivity contribution >= 4 is 27.9 Å². The lowest BCUT2D eigenvalue weighted by atomic mass is 9.72. The third kappa shape index (κ3) is 7.37. The number of phenolic OH excluding ortho intramolecular Hbond substituents is 2. The van der Waals surface area contributed by atoms with E-state index in [1.165, 1.54) is 4.80 Å². The fraction of sp³-hybridized carbons (Fsp3) is 0.260. The minimum absolute atomic E-state index is 0.111. The van der Waals surface area contributed by atoms with Crippen molar-refractivity contribution in [3.05, 3.63) is 155 Å². The summed E-state index contributed by atoms with van der Waals surface area (Å²) in [6.45, 7) is 16.4. The van der Waals surface area contributed by atoms with E-state index in [1.54, 1.807) is 11.7 Å². The lowest BCUT2D eigenvalue weighted by Crippen LogP contribution is -2.24. The van der Waals surface area contributed by atoms with Gasteiger partial charge in [-0.1, -0.05) is 133 Å². The van der Waals surface area contributed by atoms with Crippen molar-refractivity contribution in [3.8, 4) is 34.0 Å². The molecule has 0 spiro atoms. The molecule has 0 saturated carbocycles. The van der Waals surface area contributed by atoms with Crippen molar-refractivity contribution in [2.45, 2.75) is 84.5 Å². The Morgan fingerprint density at radius 3 is 1.51 bits per heavy atom. The highest BCUT2D eigenvalue weighted by atomic mass is 16.3. The van der Waals surface area contributed by atoms with Gasteiger partial charge in [-0.2, -0.15) is 0 Å². The summed E-state index contributed by atoms with van der Waals surface area (Å²) in [5.74, 6) is 0.361. The molecule has 9 nitrogen and oxygen atoms in total. The Morgan fingerprint density at radius 2 is 1.00 bits per heavy atom. The molecule has 9 heteroatoms. The van der Waals surface area contributed by atoms with Crippen LogP contribution in [0.4, 0.5) is 0 Å². The van der Waals surface area contributed by atoms with Gasteiger partial charge in [-0.05, 0) is 88.5 Å². The Balaban J connectivity index is 1.19. The Kier molecular flexibility index (Phi) is 9.74. The van der Waals surface area contributed by atoms with Crippen LogP contribution < -0.4 is 0 Å². The predicted octanol–water partition coefficient (Wildman–Crippen LogP) is 10.7. The molecule has 8 rings (SSSR count). The molecule has 8 aromatic rings. The average Bonchev–Trinajstić information content (AvgIpc) is 3.84. The second-order valence-electron chi connectivity index (χ2n) is 17.7. The van der Waals surface area contributed by atoms with Crippen molar-refractivity contribution < 1.29 is 15.0 Å². The van der Waals surface area contributed by atoms with Crippen molar-refractivity contribution in [2.24, 2.45) is 0 Å². The van der Waals surface area contributed by atoms with Gasteiger partial charge >= 0.3 is 0 Å². The van der Waals surface area contributed by atoms with Crippen LogP contribution in [0.2, 0.25) is 0 Å². The summed E-state index contributed by atoms with van der Waals surface area (Å²) in [7, 11) is 0. The summed E-state index contributed by atoms with van der Waals surface area (Å²) < 4.78 is 0. The maximum atomic E-state index is 12.1. The van der Waals surface area contributed by atoms with Crippen LogP contribution >= 0.6 is 0 Å².